The standard InChI is InChI=1S/C46H28.CH4/c1-3-13-30(14-4-1)42-38-25-24-34(33-23-22-29-12-7-8-17-32(29)26-33)27-40(38)43(31-15-5-2-6-16-31)45-39-21-11-20-37-36-19-10-9-18-35(36)28-41(44(37)39)46(42)45;/h1-28H;1H4. The fourth-order valence-corrected chi connectivity index (χ4v) is 7.95. The molecule has 1 aliphatic carbocycles. The van der Waals surface area contributed by atoms with Crippen molar-refractivity contribution < 1.29 is 0 Å². The average molecular weight is 597 g/mol. The van der Waals surface area contributed by atoms with Crippen molar-refractivity contribution in [3.63, 3.8) is 0 Å². The maximum Gasteiger partial charge on any atom is -0.000719 e. The molecule has 0 nitrogen and oxygen atoms in total. The van der Waals surface area contributed by atoms with Crippen molar-refractivity contribution in [1.82, 2.24) is 0 Å². The van der Waals surface area contributed by atoms with Gasteiger partial charge >= 0.3 is 0 Å². The summed E-state index contributed by atoms with van der Waals surface area (Å²) in [7, 11) is 0. The molecular weight excluding hydrogens is 565 g/mol. The molecule has 0 N–H and O–H groups in total. The SMILES string of the molecule is C.c1ccc(-c2c3c(c(-c4ccccc4)c4cc(-c5ccc6ccccc6c5)ccc24)-c2cccc4c2c-3cc2ccccc24)cc1. The molecule has 10 rings (SSSR count). The summed E-state index contributed by atoms with van der Waals surface area (Å²) in [5, 5.41) is 10.3. The molecule has 47 heavy (non-hydrogen) atoms. The van der Waals surface area contributed by atoms with Gasteiger partial charge in [0.1, 0.15) is 0 Å². The van der Waals surface area contributed by atoms with Gasteiger partial charge in [0.15, 0.2) is 0 Å². The first-order chi connectivity index (χ1) is 22.8. The van der Waals surface area contributed by atoms with Gasteiger partial charge in [0.2, 0.25) is 0 Å². The fourth-order valence-electron chi connectivity index (χ4n) is 7.95. The first kappa shape index (κ1) is 27.3. The third kappa shape index (κ3) is 4.02. The van der Waals surface area contributed by atoms with Crippen LogP contribution in [-0.4, -0.2) is 0 Å². The predicted molar refractivity (Wildman–Crippen MR) is 204 cm³/mol. The topological polar surface area (TPSA) is 0 Å². The lowest BCUT2D eigenvalue weighted by molar-refractivity contribution is 1.61. The van der Waals surface area contributed by atoms with E-state index in [9.17, 15) is 0 Å². The van der Waals surface area contributed by atoms with Crippen LogP contribution in [0.1, 0.15) is 7.43 Å². The Kier molecular flexibility index (Phi) is 6.13. The molecule has 1 aliphatic rings. The molecule has 0 radical (unpaired) electrons. The van der Waals surface area contributed by atoms with E-state index in [1.165, 1.54) is 98.7 Å². The Labute approximate surface area is 275 Å². The molecule has 9 aromatic carbocycles. The highest BCUT2D eigenvalue weighted by molar-refractivity contribution is 6.31. The van der Waals surface area contributed by atoms with E-state index in [2.05, 4.69) is 170 Å². The van der Waals surface area contributed by atoms with Gasteiger partial charge in [-0.3, -0.25) is 0 Å². The molecule has 0 spiro atoms. The fraction of sp³-hybridized carbons (Fsp3) is 0.0213. The summed E-state index contributed by atoms with van der Waals surface area (Å²) in [6.07, 6.45) is 0. The molecule has 0 heteroatoms. The van der Waals surface area contributed by atoms with Gasteiger partial charge in [-0.2, -0.15) is 0 Å². The van der Waals surface area contributed by atoms with Crippen LogP contribution in [0.4, 0.5) is 0 Å². The van der Waals surface area contributed by atoms with Crippen LogP contribution in [0, 0.1) is 0 Å². The molecule has 0 saturated heterocycles. The highest BCUT2D eigenvalue weighted by Crippen LogP contribution is 2.58. The number of hydrogen-bond donors (Lipinski definition) is 0. The highest BCUT2D eigenvalue weighted by atomic mass is 14.3. The second kappa shape index (κ2) is 10.5. The zero-order chi connectivity index (χ0) is 30.2. The molecule has 9 aromatic rings. The van der Waals surface area contributed by atoms with Gasteiger partial charge in [-0.1, -0.05) is 159 Å². The minimum Gasteiger partial charge on any atom is -0.0776 e. The Morgan fingerprint density at radius 2 is 0.830 bits per heavy atom. The van der Waals surface area contributed by atoms with E-state index in [0.29, 0.717) is 0 Å². The summed E-state index contributed by atoms with van der Waals surface area (Å²) in [4.78, 5) is 0. The molecule has 0 saturated carbocycles. The Bertz CT molecular complexity index is 2660. The molecule has 0 heterocycles. The number of rotatable bonds is 3. The zero-order valence-corrected chi connectivity index (χ0v) is 25.2. The zero-order valence-electron chi connectivity index (χ0n) is 25.2. The molecule has 0 aromatic heterocycles. The van der Waals surface area contributed by atoms with Crippen LogP contribution in [0.5, 0.6) is 0 Å². The van der Waals surface area contributed by atoms with Crippen LogP contribution >= 0.6 is 0 Å². The lowest BCUT2D eigenvalue weighted by atomic mass is 9.81. The van der Waals surface area contributed by atoms with E-state index in [-0.39, 0.29) is 7.43 Å². The van der Waals surface area contributed by atoms with E-state index in [0.717, 1.165) is 0 Å². The first-order valence-corrected chi connectivity index (χ1v) is 16.0. The first-order valence-electron chi connectivity index (χ1n) is 16.0. The Morgan fingerprint density at radius 3 is 1.60 bits per heavy atom. The van der Waals surface area contributed by atoms with Crippen LogP contribution in [0.2, 0.25) is 0 Å². The summed E-state index contributed by atoms with van der Waals surface area (Å²) in [5.74, 6) is 0. The van der Waals surface area contributed by atoms with Gasteiger partial charge in [0.05, 0.1) is 0 Å². The minimum absolute atomic E-state index is 0. The van der Waals surface area contributed by atoms with Crippen LogP contribution < -0.4 is 0 Å². The van der Waals surface area contributed by atoms with Crippen LogP contribution in [-0.2, 0) is 0 Å². The smallest absolute Gasteiger partial charge is 0.000719 e. The summed E-state index contributed by atoms with van der Waals surface area (Å²) in [6.45, 7) is 0. The quantitative estimate of drug-likeness (QED) is 0.178. The van der Waals surface area contributed by atoms with Crippen molar-refractivity contribution >= 4 is 43.1 Å². The molecule has 0 amide bonds. The van der Waals surface area contributed by atoms with Gasteiger partial charge in [0, 0.05) is 0 Å². The summed E-state index contributed by atoms with van der Waals surface area (Å²) >= 11 is 0. The van der Waals surface area contributed by atoms with Gasteiger partial charge in [-0.25, -0.2) is 0 Å². The third-order valence-corrected chi connectivity index (χ3v) is 9.94. The maximum atomic E-state index is 2.44. The van der Waals surface area contributed by atoms with Crippen LogP contribution in [0.25, 0.3) is 98.7 Å². The van der Waals surface area contributed by atoms with Gasteiger partial charge < -0.3 is 0 Å². The minimum atomic E-state index is 0. The third-order valence-electron chi connectivity index (χ3n) is 9.94. The van der Waals surface area contributed by atoms with Crippen molar-refractivity contribution in [3.8, 4) is 55.6 Å². The largest absolute Gasteiger partial charge is 0.0776 e. The van der Waals surface area contributed by atoms with Gasteiger partial charge in [-0.05, 0) is 117 Å². The second-order valence-electron chi connectivity index (χ2n) is 12.4. The van der Waals surface area contributed by atoms with E-state index in [1.807, 2.05) is 0 Å². The molecule has 0 atom stereocenters. The Balaban J connectivity index is 0.00000302. The Morgan fingerprint density at radius 1 is 0.255 bits per heavy atom. The summed E-state index contributed by atoms with van der Waals surface area (Å²) in [6, 6.07) is 62.8. The monoisotopic (exact) mass is 596 g/mol. The lowest BCUT2D eigenvalue weighted by Crippen LogP contribution is -1.94. The summed E-state index contributed by atoms with van der Waals surface area (Å²) < 4.78 is 0. The lowest BCUT2D eigenvalue weighted by Gasteiger charge is -2.21. The molecular formula is C47H32. The maximum absolute atomic E-state index is 2.44. The van der Waals surface area contributed by atoms with Crippen molar-refractivity contribution in [1.29, 1.82) is 0 Å². The van der Waals surface area contributed by atoms with E-state index >= 15 is 0 Å². The second-order valence-corrected chi connectivity index (χ2v) is 12.4. The number of benzene rings is 9. The number of fused-ring (bicyclic) bond motifs is 7. The normalized spacial score (nSPS) is 11.7. The summed E-state index contributed by atoms with van der Waals surface area (Å²) in [5.41, 5.74) is 12.9. The van der Waals surface area contributed by atoms with E-state index < -0.39 is 0 Å². The highest BCUT2D eigenvalue weighted by Gasteiger charge is 2.31. The van der Waals surface area contributed by atoms with E-state index in [4.69, 9.17) is 0 Å². The molecule has 0 unspecified atom stereocenters. The Hall–Kier alpha value is -5.98. The van der Waals surface area contributed by atoms with Crippen LogP contribution in [0.15, 0.2) is 170 Å². The van der Waals surface area contributed by atoms with Crippen LogP contribution in [0.3, 0.4) is 0 Å². The van der Waals surface area contributed by atoms with E-state index in [1.54, 1.807) is 0 Å². The van der Waals surface area contributed by atoms with Crippen molar-refractivity contribution in [2.45, 2.75) is 7.43 Å². The van der Waals surface area contributed by atoms with Crippen molar-refractivity contribution in [2.75, 3.05) is 0 Å². The van der Waals surface area contributed by atoms with Gasteiger partial charge in [-0.15, -0.1) is 0 Å². The van der Waals surface area contributed by atoms with Gasteiger partial charge in [0.25, 0.3) is 0 Å². The van der Waals surface area contributed by atoms with Crippen molar-refractivity contribution in [3.05, 3.63) is 170 Å². The molecule has 0 fully saturated rings. The number of hydrogen-bond acceptors (Lipinski definition) is 0. The molecule has 220 valence electrons. The molecule has 0 aliphatic heterocycles. The molecule has 0 bridgehead atoms. The van der Waals surface area contributed by atoms with Crippen molar-refractivity contribution in [2.24, 2.45) is 0 Å². The average Bonchev–Trinajstić information content (AvgIpc) is 3.45. The predicted octanol–water partition coefficient (Wildman–Crippen LogP) is 13.6.